The molecule has 0 atom stereocenters. The summed E-state index contributed by atoms with van der Waals surface area (Å²) in [6.07, 6.45) is 1.72. The van der Waals surface area contributed by atoms with E-state index < -0.39 is 5.91 Å². The van der Waals surface area contributed by atoms with E-state index in [1.807, 2.05) is 76.2 Å². The van der Waals surface area contributed by atoms with Crippen molar-refractivity contribution in [2.24, 2.45) is 5.73 Å². The van der Waals surface area contributed by atoms with Gasteiger partial charge in [0.2, 0.25) is 5.91 Å². The minimum atomic E-state index is -0.546. The van der Waals surface area contributed by atoms with Crippen molar-refractivity contribution in [3.05, 3.63) is 71.4 Å². The van der Waals surface area contributed by atoms with E-state index >= 15 is 0 Å². The Hall–Kier alpha value is -3.41. The van der Waals surface area contributed by atoms with Crippen LogP contribution in [0.2, 0.25) is 0 Å². The summed E-state index contributed by atoms with van der Waals surface area (Å²) < 4.78 is 1.69. The van der Waals surface area contributed by atoms with Crippen molar-refractivity contribution in [2.75, 3.05) is 6.54 Å². The molecular weight excluding hydrogens is 364 g/mol. The highest BCUT2D eigenvalue weighted by Gasteiger charge is 2.26. The van der Waals surface area contributed by atoms with Crippen LogP contribution >= 0.6 is 0 Å². The summed E-state index contributed by atoms with van der Waals surface area (Å²) in [7, 11) is 0. The molecule has 1 heterocycles. The lowest BCUT2D eigenvalue weighted by atomic mass is 10.0. The second-order valence-electron chi connectivity index (χ2n) is 7.46. The summed E-state index contributed by atoms with van der Waals surface area (Å²) in [6, 6.07) is 15.4. The van der Waals surface area contributed by atoms with Crippen molar-refractivity contribution in [1.29, 1.82) is 0 Å². The first kappa shape index (κ1) is 20.3. The number of aryl methyl sites for hydroxylation is 2. The number of amides is 2. The van der Waals surface area contributed by atoms with Gasteiger partial charge < -0.3 is 10.6 Å². The van der Waals surface area contributed by atoms with E-state index in [9.17, 15) is 9.59 Å². The average Bonchev–Trinajstić information content (AvgIpc) is 3.13. The third kappa shape index (κ3) is 4.37. The maximum absolute atomic E-state index is 13.4. The molecule has 0 saturated heterocycles. The van der Waals surface area contributed by atoms with Crippen LogP contribution in [0.3, 0.4) is 0 Å². The highest BCUT2D eigenvalue weighted by Crippen LogP contribution is 2.27. The van der Waals surface area contributed by atoms with E-state index in [1.165, 1.54) is 10.5 Å². The van der Waals surface area contributed by atoms with Crippen molar-refractivity contribution in [1.82, 2.24) is 14.7 Å². The third-order valence-electron chi connectivity index (χ3n) is 4.96. The van der Waals surface area contributed by atoms with Gasteiger partial charge in [-0.3, -0.25) is 9.59 Å². The van der Waals surface area contributed by atoms with Gasteiger partial charge in [-0.1, -0.05) is 30.3 Å². The number of benzene rings is 2. The molecule has 2 aromatic carbocycles. The maximum Gasteiger partial charge on any atom is 0.258 e. The van der Waals surface area contributed by atoms with Crippen LogP contribution in [-0.2, 0) is 4.79 Å². The molecule has 0 unspecified atom stereocenters. The van der Waals surface area contributed by atoms with Crippen LogP contribution < -0.4 is 5.73 Å². The van der Waals surface area contributed by atoms with Gasteiger partial charge in [0, 0.05) is 17.8 Å². The SMILES string of the molecule is Cc1ccc(-c2nn(-c3ccccc3)cc2C(=O)N(CC(N)=O)C(C)C)cc1C. The average molecular weight is 390 g/mol. The number of aromatic nitrogens is 2. The fourth-order valence-electron chi connectivity index (χ4n) is 3.16. The molecule has 0 fully saturated rings. The van der Waals surface area contributed by atoms with Crippen LogP contribution in [0.1, 0.15) is 35.3 Å². The summed E-state index contributed by atoms with van der Waals surface area (Å²) in [5.74, 6) is -0.815. The Balaban J connectivity index is 2.15. The molecule has 0 radical (unpaired) electrons. The molecule has 0 aliphatic rings. The van der Waals surface area contributed by atoms with Crippen molar-refractivity contribution < 1.29 is 9.59 Å². The number of nitrogens with zero attached hydrogens (tertiary/aromatic N) is 3. The van der Waals surface area contributed by atoms with Gasteiger partial charge >= 0.3 is 0 Å². The molecule has 0 aliphatic heterocycles. The largest absolute Gasteiger partial charge is 0.368 e. The second kappa shape index (κ2) is 8.31. The lowest BCUT2D eigenvalue weighted by Gasteiger charge is -2.25. The summed E-state index contributed by atoms with van der Waals surface area (Å²) >= 11 is 0. The van der Waals surface area contributed by atoms with Gasteiger partial charge in [-0.05, 0) is 57.0 Å². The number of carbonyl (C=O) groups is 2. The summed E-state index contributed by atoms with van der Waals surface area (Å²) in [6.45, 7) is 7.65. The van der Waals surface area contributed by atoms with Gasteiger partial charge in [0.15, 0.2) is 0 Å². The number of carbonyl (C=O) groups excluding carboxylic acids is 2. The Morgan fingerprint density at radius 1 is 1.07 bits per heavy atom. The van der Waals surface area contributed by atoms with E-state index in [2.05, 4.69) is 0 Å². The Bertz CT molecular complexity index is 1040. The Morgan fingerprint density at radius 3 is 2.34 bits per heavy atom. The molecule has 6 heteroatoms. The minimum absolute atomic E-state index is 0.140. The summed E-state index contributed by atoms with van der Waals surface area (Å²) in [5.41, 5.74) is 10.4. The van der Waals surface area contributed by atoms with Crippen LogP contribution in [-0.4, -0.2) is 39.1 Å². The molecule has 6 nitrogen and oxygen atoms in total. The first-order valence-corrected chi connectivity index (χ1v) is 9.60. The molecule has 0 bridgehead atoms. The Kier molecular flexibility index (Phi) is 5.82. The topological polar surface area (TPSA) is 81.2 Å². The monoisotopic (exact) mass is 390 g/mol. The van der Waals surface area contributed by atoms with Crippen molar-refractivity contribution in [3.8, 4) is 16.9 Å². The van der Waals surface area contributed by atoms with E-state index in [-0.39, 0.29) is 18.5 Å². The number of hydrogen-bond acceptors (Lipinski definition) is 3. The predicted molar refractivity (Wildman–Crippen MR) is 114 cm³/mol. The highest BCUT2D eigenvalue weighted by atomic mass is 16.2. The van der Waals surface area contributed by atoms with Crippen LogP contribution in [0.5, 0.6) is 0 Å². The van der Waals surface area contributed by atoms with Gasteiger partial charge in [0.25, 0.3) is 5.91 Å². The fraction of sp³-hybridized carbons (Fsp3) is 0.261. The Morgan fingerprint density at radius 2 is 1.76 bits per heavy atom. The normalized spacial score (nSPS) is 10.9. The smallest absolute Gasteiger partial charge is 0.258 e. The number of hydrogen-bond donors (Lipinski definition) is 1. The van der Waals surface area contributed by atoms with E-state index in [0.717, 1.165) is 16.8 Å². The standard InChI is InChI=1S/C23H26N4O2/c1-15(2)26(14-21(24)28)23(29)20-13-27(19-8-6-5-7-9-19)25-22(20)18-11-10-16(3)17(4)12-18/h5-13,15H,14H2,1-4H3,(H2,24,28). The molecule has 0 spiro atoms. The summed E-state index contributed by atoms with van der Waals surface area (Å²) in [4.78, 5) is 26.4. The molecule has 1 aromatic heterocycles. The molecule has 0 aliphatic carbocycles. The van der Waals surface area contributed by atoms with Gasteiger partial charge in [-0.15, -0.1) is 0 Å². The fourth-order valence-corrected chi connectivity index (χ4v) is 3.16. The van der Waals surface area contributed by atoms with Crippen LogP contribution in [0, 0.1) is 13.8 Å². The molecule has 2 N–H and O–H groups in total. The predicted octanol–water partition coefficient (Wildman–Crippen LogP) is 3.49. The van der Waals surface area contributed by atoms with Gasteiger partial charge in [-0.25, -0.2) is 4.68 Å². The van der Waals surface area contributed by atoms with E-state index in [1.54, 1.807) is 10.9 Å². The maximum atomic E-state index is 13.4. The third-order valence-corrected chi connectivity index (χ3v) is 4.96. The first-order chi connectivity index (χ1) is 13.8. The van der Waals surface area contributed by atoms with Crippen molar-refractivity contribution >= 4 is 11.8 Å². The van der Waals surface area contributed by atoms with Gasteiger partial charge in [0.05, 0.1) is 17.8 Å². The molecule has 3 rings (SSSR count). The van der Waals surface area contributed by atoms with Crippen LogP contribution in [0.25, 0.3) is 16.9 Å². The van der Waals surface area contributed by atoms with Crippen molar-refractivity contribution in [2.45, 2.75) is 33.7 Å². The summed E-state index contributed by atoms with van der Waals surface area (Å²) in [5, 5.41) is 4.72. The molecular formula is C23H26N4O2. The zero-order valence-corrected chi connectivity index (χ0v) is 17.2. The number of para-hydroxylation sites is 1. The lowest BCUT2D eigenvalue weighted by molar-refractivity contribution is -0.119. The second-order valence-corrected chi connectivity index (χ2v) is 7.46. The zero-order valence-electron chi connectivity index (χ0n) is 17.2. The first-order valence-electron chi connectivity index (χ1n) is 9.60. The van der Waals surface area contributed by atoms with Crippen molar-refractivity contribution in [3.63, 3.8) is 0 Å². The lowest BCUT2D eigenvalue weighted by Crippen LogP contribution is -2.42. The molecule has 3 aromatic rings. The number of primary amides is 1. The van der Waals surface area contributed by atoms with Crippen LogP contribution in [0.4, 0.5) is 0 Å². The highest BCUT2D eigenvalue weighted by molar-refractivity contribution is 6.01. The molecule has 2 amide bonds. The van der Waals surface area contributed by atoms with Gasteiger partial charge in [-0.2, -0.15) is 5.10 Å². The quantitative estimate of drug-likeness (QED) is 0.699. The van der Waals surface area contributed by atoms with E-state index in [4.69, 9.17) is 10.8 Å². The molecule has 29 heavy (non-hydrogen) atoms. The molecule has 150 valence electrons. The number of nitrogens with two attached hydrogens (primary N) is 1. The zero-order chi connectivity index (χ0) is 21.1. The minimum Gasteiger partial charge on any atom is -0.368 e. The van der Waals surface area contributed by atoms with Gasteiger partial charge in [0.1, 0.15) is 5.69 Å². The van der Waals surface area contributed by atoms with E-state index in [0.29, 0.717) is 11.3 Å². The number of rotatable bonds is 6. The van der Waals surface area contributed by atoms with Crippen LogP contribution in [0.15, 0.2) is 54.7 Å². The Labute approximate surface area is 170 Å². The molecule has 0 saturated carbocycles.